The molecule has 1 aromatic carbocycles. The third-order valence-electron chi connectivity index (χ3n) is 3.38. The van der Waals surface area contributed by atoms with E-state index in [1.54, 1.807) is 18.2 Å². The summed E-state index contributed by atoms with van der Waals surface area (Å²) in [6, 6.07) is 14.4. The zero-order chi connectivity index (χ0) is 16.2. The molecule has 0 fully saturated rings. The Morgan fingerprint density at radius 2 is 2.09 bits per heavy atom. The fourth-order valence-corrected chi connectivity index (χ4v) is 2.34. The minimum Gasteiger partial charge on any atom is -0.465 e. The molecule has 0 amide bonds. The Labute approximate surface area is 131 Å². The van der Waals surface area contributed by atoms with Crippen LogP contribution in [0.1, 0.15) is 11.6 Å². The van der Waals surface area contributed by atoms with E-state index in [2.05, 4.69) is 9.97 Å². The normalized spacial score (nSPS) is 13.0. The van der Waals surface area contributed by atoms with Crippen LogP contribution in [0.3, 0.4) is 0 Å². The number of aldehydes is 1. The van der Waals surface area contributed by atoms with Crippen LogP contribution in [-0.4, -0.2) is 16.3 Å². The number of benzene rings is 1. The zero-order valence-electron chi connectivity index (χ0n) is 11.9. The number of aromatic nitrogens is 2. The van der Waals surface area contributed by atoms with E-state index in [1.165, 1.54) is 6.26 Å². The fourth-order valence-electron chi connectivity index (χ4n) is 2.34. The van der Waals surface area contributed by atoms with Crippen LogP contribution in [-0.2, 0) is 4.79 Å². The average molecular weight is 302 g/mol. The maximum absolute atomic E-state index is 11.3. The number of nitriles is 2. The van der Waals surface area contributed by atoms with Crippen LogP contribution < -0.4 is 0 Å². The third kappa shape index (κ3) is 2.50. The number of carbonyl (C=O) groups is 1. The Bertz CT molecular complexity index is 935. The number of furan rings is 1. The number of hydrogen-bond donors (Lipinski definition) is 1. The number of rotatable bonds is 4. The van der Waals surface area contributed by atoms with Crippen LogP contribution in [0.2, 0.25) is 0 Å². The molecule has 3 aromatic rings. The van der Waals surface area contributed by atoms with Crippen molar-refractivity contribution in [1.82, 2.24) is 9.97 Å². The van der Waals surface area contributed by atoms with E-state index in [0.29, 0.717) is 23.4 Å². The number of allylic oxidation sites excluding steroid dienone is 2. The Balaban J connectivity index is 2.28. The molecule has 110 valence electrons. The number of hydrogen-bond acceptors (Lipinski definition) is 5. The summed E-state index contributed by atoms with van der Waals surface area (Å²) in [6.45, 7) is 0. The smallest absolute Gasteiger partial charge is 0.149 e. The predicted octanol–water partition coefficient (Wildman–Crippen LogP) is 2.93. The molecule has 0 saturated heterocycles. The number of fused-ring (bicyclic) bond motifs is 1. The lowest BCUT2D eigenvalue weighted by molar-refractivity contribution is -0.108. The molecule has 6 heteroatoms. The van der Waals surface area contributed by atoms with Gasteiger partial charge < -0.3 is 14.2 Å². The van der Waals surface area contributed by atoms with Gasteiger partial charge in [-0.2, -0.15) is 10.5 Å². The first-order valence-corrected chi connectivity index (χ1v) is 6.76. The van der Waals surface area contributed by atoms with Crippen LogP contribution >= 0.6 is 0 Å². The van der Waals surface area contributed by atoms with Crippen LogP contribution in [0.5, 0.6) is 0 Å². The second kappa shape index (κ2) is 6.00. The first-order chi connectivity index (χ1) is 11.3. The quantitative estimate of drug-likeness (QED) is 0.589. The summed E-state index contributed by atoms with van der Waals surface area (Å²) < 4.78 is 5.30. The van der Waals surface area contributed by atoms with Crippen molar-refractivity contribution in [1.29, 1.82) is 10.5 Å². The van der Waals surface area contributed by atoms with Crippen molar-refractivity contribution >= 4 is 28.5 Å². The molecule has 0 bridgehead atoms. The molecule has 0 aliphatic rings. The molecule has 1 N–H and O–H groups in total. The van der Waals surface area contributed by atoms with E-state index in [1.807, 2.05) is 30.3 Å². The number of carbonyl (C=O) groups excluding carboxylic acids is 1. The molecule has 2 heterocycles. The van der Waals surface area contributed by atoms with Gasteiger partial charge in [0.2, 0.25) is 0 Å². The van der Waals surface area contributed by atoms with Crippen molar-refractivity contribution in [2.75, 3.05) is 0 Å². The standard InChI is InChI=1S/C17H10N4O2/c18-8-11(10-22)16(15-6-3-7-23-15)12(9-19)17-20-13-4-1-2-5-14(13)21-17/h1-7,10-11H,(H,20,21)/b16-12+/t11-/m0/s1. The molecule has 2 aromatic heterocycles. The van der Waals surface area contributed by atoms with Crippen molar-refractivity contribution < 1.29 is 9.21 Å². The van der Waals surface area contributed by atoms with Crippen LogP contribution in [0, 0.1) is 28.6 Å². The van der Waals surface area contributed by atoms with Gasteiger partial charge in [-0.15, -0.1) is 0 Å². The third-order valence-corrected chi connectivity index (χ3v) is 3.38. The molecule has 23 heavy (non-hydrogen) atoms. The number of H-pyrrole nitrogens is 1. The van der Waals surface area contributed by atoms with Gasteiger partial charge in [-0.25, -0.2) is 4.98 Å². The number of imidazole rings is 1. The molecule has 6 nitrogen and oxygen atoms in total. The SMILES string of the molecule is N#C/C(=C(\c1ccco1)[C@@H](C#N)C=O)c1nc2ccccc2[nH]1. The Morgan fingerprint density at radius 3 is 2.70 bits per heavy atom. The Morgan fingerprint density at radius 1 is 1.26 bits per heavy atom. The van der Waals surface area contributed by atoms with Crippen LogP contribution in [0.15, 0.2) is 47.1 Å². The summed E-state index contributed by atoms with van der Waals surface area (Å²) in [7, 11) is 0. The summed E-state index contributed by atoms with van der Waals surface area (Å²) in [5.74, 6) is -0.535. The van der Waals surface area contributed by atoms with E-state index in [9.17, 15) is 15.3 Å². The molecule has 0 unspecified atom stereocenters. The molecule has 1 atom stereocenters. The highest BCUT2D eigenvalue weighted by molar-refractivity contribution is 6.01. The van der Waals surface area contributed by atoms with Gasteiger partial charge in [-0.3, -0.25) is 0 Å². The monoisotopic (exact) mass is 302 g/mol. The summed E-state index contributed by atoms with van der Waals surface area (Å²) in [5.41, 5.74) is 1.76. The van der Waals surface area contributed by atoms with Gasteiger partial charge in [0.15, 0.2) is 0 Å². The average Bonchev–Trinajstić information content (AvgIpc) is 3.24. The second-order valence-corrected chi connectivity index (χ2v) is 4.72. The zero-order valence-corrected chi connectivity index (χ0v) is 11.9. The van der Waals surface area contributed by atoms with Gasteiger partial charge in [-0.05, 0) is 24.3 Å². The fraction of sp³-hybridized carbons (Fsp3) is 0.0588. The second-order valence-electron chi connectivity index (χ2n) is 4.72. The summed E-state index contributed by atoms with van der Waals surface area (Å²) in [4.78, 5) is 18.7. The highest BCUT2D eigenvalue weighted by Crippen LogP contribution is 2.31. The van der Waals surface area contributed by atoms with Gasteiger partial charge in [0, 0.05) is 5.57 Å². The lowest BCUT2D eigenvalue weighted by Crippen LogP contribution is -2.05. The van der Waals surface area contributed by atoms with Gasteiger partial charge in [0.25, 0.3) is 0 Å². The van der Waals surface area contributed by atoms with E-state index < -0.39 is 5.92 Å². The first kappa shape index (κ1) is 14.3. The maximum Gasteiger partial charge on any atom is 0.149 e. The Kier molecular flexibility index (Phi) is 3.73. The largest absolute Gasteiger partial charge is 0.465 e. The number of aromatic amines is 1. The molecule has 0 aliphatic carbocycles. The van der Waals surface area contributed by atoms with Crippen molar-refractivity contribution in [3.05, 3.63) is 54.2 Å². The van der Waals surface area contributed by atoms with Crippen molar-refractivity contribution in [3.8, 4) is 12.1 Å². The van der Waals surface area contributed by atoms with Crippen molar-refractivity contribution in [3.63, 3.8) is 0 Å². The van der Waals surface area contributed by atoms with Crippen molar-refractivity contribution in [2.24, 2.45) is 5.92 Å². The number of nitrogens with zero attached hydrogens (tertiary/aromatic N) is 3. The lowest BCUT2D eigenvalue weighted by Gasteiger charge is -2.07. The van der Waals surface area contributed by atoms with Gasteiger partial charge in [0.1, 0.15) is 35.4 Å². The molecule has 0 spiro atoms. The molecule has 0 saturated carbocycles. The predicted molar refractivity (Wildman–Crippen MR) is 82.4 cm³/mol. The molecular weight excluding hydrogens is 292 g/mol. The molecule has 0 radical (unpaired) electrons. The summed E-state index contributed by atoms with van der Waals surface area (Å²) >= 11 is 0. The molecule has 0 aliphatic heterocycles. The maximum atomic E-state index is 11.3. The minimum atomic E-state index is -1.12. The highest BCUT2D eigenvalue weighted by Gasteiger charge is 2.24. The van der Waals surface area contributed by atoms with E-state index in [0.717, 1.165) is 5.52 Å². The van der Waals surface area contributed by atoms with E-state index >= 15 is 0 Å². The number of para-hydroxylation sites is 2. The first-order valence-electron chi connectivity index (χ1n) is 6.76. The summed E-state index contributed by atoms with van der Waals surface area (Å²) in [5, 5.41) is 18.8. The molecule has 3 rings (SSSR count). The lowest BCUT2D eigenvalue weighted by atomic mass is 9.94. The summed E-state index contributed by atoms with van der Waals surface area (Å²) in [6.07, 6.45) is 1.90. The topological polar surface area (TPSA) is 106 Å². The molecular formula is C17H10N4O2. The van der Waals surface area contributed by atoms with E-state index in [-0.39, 0.29) is 11.1 Å². The highest BCUT2D eigenvalue weighted by atomic mass is 16.3. The van der Waals surface area contributed by atoms with Gasteiger partial charge in [-0.1, -0.05) is 12.1 Å². The van der Waals surface area contributed by atoms with Gasteiger partial charge >= 0.3 is 0 Å². The van der Waals surface area contributed by atoms with E-state index in [4.69, 9.17) is 4.42 Å². The van der Waals surface area contributed by atoms with Crippen LogP contribution in [0.4, 0.5) is 0 Å². The van der Waals surface area contributed by atoms with Crippen LogP contribution in [0.25, 0.3) is 22.2 Å². The van der Waals surface area contributed by atoms with Crippen molar-refractivity contribution in [2.45, 2.75) is 0 Å². The Hall–Kier alpha value is -3.64. The van der Waals surface area contributed by atoms with Gasteiger partial charge in [0.05, 0.1) is 23.4 Å². The number of nitrogens with one attached hydrogen (secondary N) is 1. The minimum absolute atomic E-state index is 0.106.